The zero-order valence-electron chi connectivity index (χ0n) is 21.1. The number of rotatable bonds is 9. The average molecular weight is 506 g/mol. The van der Waals surface area contributed by atoms with Crippen LogP contribution in [0.2, 0.25) is 5.02 Å². The molecule has 0 aliphatic carbocycles. The van der Waals surface area contributed by atoms with Crippen molar-refractivity contribution in [2.24, 2.45) is 5.92 Å². The van der Waals surface area contributed by atoms with Gasteiger partial charge in [0.1, 0.15) is 6.29 Å². The van der Waals surface area contributed by atoms with Crippen molar-refractivity contribution in [2.75, 3.05) is 41.8 Å². The first-order valence-electron chi connectivity index (χ1n) is 11.9. The topological polar surface area (TPSA) is 97.3 Å². The zero-order chi connectivity index (χ0) is 25.5. The van der Waals surface area contributed by atoms with Gasteiger partial charge in [-0.2, -0.15) is 0 Å². The van der Waals surface area contributed by atoms with Crippen molar-refractivity contribution >= 4 is 61.6 Å². The van der Waals surface area contributed by atoms with Crippen LogP contribution < -0.4 is 21.7 Å². The second-order valence-corrected chi connectivity index (χ2v) is 9.38. The molecule has 3 aromatic rings. The quantitative estimate of drug-likeness (QED) is 0.212. The van der Waals surface area contributed by atoms with Crippen molar-refractivity contribution in [3.05, 3.63) is 41.4 Å². The lowest BCUT2D eigenvalue weighted by molar-refractivity contribution is -0.106. The SMILES string of the molecule is CC=O.CCCCC(CC)CN(CC)c1ccc(N)c(NC)c1.Nc1nc2ccc(Cl)cc2s1. The molecule has 0 saturated carbocycles. The molecule has 0 spiro atoms. The summed E-state index contributed by atoms with van der Waals surface area (Å²) < 4.78 is 1.04. The molecule has 0 radical (unpaired) electrons. The Morgan fingerprint density at radius 2 is 1.88 bits per heavy atom. The summed E-state index contributed by atoms with van der Waals surface area (Å²) in [6, 6.07) is 11.8. The Balaban J connectivity index is 0.000000343. The van der Waals surface area contributed by atoms with E-state index >= 15 is 0 Å². The molecule has 6 nitrogen and oxygen atoms in total. The number of benzene rings is 2. The second-order valence-electron chi connectivity index (χ2n) is 7.88. The number of nitrogens with two attached hydrogens (primary N) is 2. The Labute approximate surface area is 213 Å². The predicted octanol–water partition coefficient (Wildman–Crippen LogP) is 7.09. The first-order chi connectivity index (χ1) is 16.3. The number of hydrogen-bond acceptors (Lipinski definition) is 7. The standard InChI is InChI=1S/C17H31N3.C7H5ClN2S.C2H4O/c1-5-8-9-14(6-2)13-20(7-3)15-10-11-16(18)17(12-15)19-4;8-4-1-2-5-6(3-4)11-7(9)10-5;1-2-3/h10-12,14,19H,5-9,13,18H2,1-4H3;1-3H,(H2,9,10);2H,1H3. The Bertz CT molecular complexity index is 994. The molecule has 0 aliphatic rings. The molecule has 2 aromatic carbocycles. The Morgan fingerprint density at radius 1 is 1.18 bits per heavy atom. The van der Waals surface area contributed by atoms with Crippen LogP contribution in [-0.4, -0.2) is 31.4 Å². The number of thiazole rings is 1. The van der Waals surface area contributed by atoms with Crippen LogP contribution >= 0.6 is 22.9 Å². The van der Waals surface area contributed by atoms with E-state index in [0.717, 1.165) is 51.9 Å². The van der Waals surface area contributed by atoms with Gasteiger partial charge in [-0.25, -0.2) is 4.98 Å². The Morgan fingerprint density at radius 3 is 2.47 bits per heavy atom. The van der Waals surface area contributed by atoms with Crippen molar-refractivity contribution in [3.8, 4) is 0 Å². The molecule has 0 aliphatic heterocycles. The average Bonchev–Trinajstić information content (AvgIpc) is 3.20. The van der Waals surface area contributed by atoms with E-state index in [1.165, 1.54) is 49.6 Å². The fourth-order valence-electron chi connectivity index (χ4n) is 3.52. The highest BCUT2D eigenvalue weighted by Crippen LogP contribution is 2.27. The largest absolute Gasteiger partial charge is 0.397 e. The number of hydrogen-bond donors (Lipinski definition) is 3. The molecule has 3 rings (SSSR count). The minimum Gasteiger partial charge on any atom is -0.397 e. The molecule has 5 N–H and O–H groups in total. The summed E-state index contributed by atoms with van der Waals surface area (Å²) in [4.78, 5) is 15.4. The first kappa shape index (κ1) is 29.5. The predicted molar refractivity (Wildman–Crippen MR) is 152 cm³/mol. The monoisotopic (exact) mass is 505 g/mol. The number of fused-ring (bicyclic) bond motifs is 1. The van der Waals surface area contributed by atoms with Crippen molar-refractivity contribution < 1.29 is 4.79 Å². The molecule has 34 heavy (non-hydrogen) atoms. The summed E-state index contributed by atoms with van der Waals surface area (Å²) in [5.74, 6) is 0.783. The lowest BCUT2D eigenvalue weighted by Gasteiger charge is -2.28. The summed E-state index contributed by atoms with van der Waals surface area (Å²) >= 11 is 7.21. The molecule has 1 heterocycles. The molecule has 0 saturated heterocycles. The van der Waals surface area contributed by atoms with Crippen LogP contribution in [0.15, 0.2) is 36.4 Å². The maximum atomic E-state index is 8.81. The number of carbonyl (C=O) groups is 1. The van der Waals surface area contributed by atoms with Crippen LogP contribution in [0, 0.1) is 5.92 Å². The number of nitrogen functional groups attached to an aromatic ring is 2. The van der Waals surface area contributed by atoms with Gasteiger partial charge in [0.25, 0.3) is 0 Å². The fraction of sp³-hybridized carbons (Fsp3) is 0.462. The number of nitrogens with one attached hydrogen (secondary N) is 1. The highest BCUT2D eigenvalue weighted by Gasteiger charge is 2.13. The van der Waals surface area contributed by atoms with E-state index in [9.17, 15) is 0 Å². The third-order valence-electron chi connectivity index (χ3n) is 5.44. The summed E-state index contributed by atoms with van der Waals surface area (Å²) in [6.45, 7) is 10.4. The Hall–Kier alpha value is -2.51. The molecule has 8 heteroatoms. The highest BCUT2D eigenvalue weighted by atomic mass is 35.5. The van der Waals surface area contributed by atoms with E-state index in [0.29, 0.717) is 5.13 Å². The molecule has 1 atom stereocenters. The lowest BCUT2D eigenvalue weighted by Crippen LogP contribution is -2.29. The van der Waals surface area contributed by atoms with Gasteiger partial charge < -0.3 is 26.5 Å². The van der Waals surface area contributed by atoms with E-state index in [1.54, 1.807) is 0 Å². The summed E-state index contributed by atoms with van der Waals surface area (Å²) in [5.41, 5.74) is 15.5. The first-order valence-corrected chi connectivity index (χ1v) is 13.1. The van der Waals surface area contributed by atoms with Crippen LogP contribution in [0.4, 0.5) is 22.2 Å². The van der Waals surface area contributed by atoms with Crippen molar-refractivity contribution in [1.82, 2.24) is 4.98 Å². The van der Waals surface area contributed by atoms with Gasteiger partial charge in [-0.3, -0.25) is 0 Å². The smallest absolute Gasteiger partial charge is 0.181 e. The molecule has 1 aromatic heterocycles. The number of aldehydes is 1. The minimum atomic E-state index is 0.585. The van der Waals surface area contributed by atoms with E-state index in [-0.39, 0.29) is 0 Å². The van der Waals surface area contributed by atoms with Gasteiger partial charge in [0.05, 0.1) is 21.6 Å². The third kappa shape index (κ3) is 9.77. The number of unbranched alkanes of at least 4 members (excludes halogenated alkanes) is 1. The van der Waals surface area contributed by atoms with Gasteiger partial charge in [-0.05, 0) is 62.6 Å². The van der Waals surface area contributed by atoms with E-state index in [2.05, 4.69) is 48.1 Å². The van der Waals surface area contributed by atoms with Gasteiger partial charge in [0.15, 0.2) is 5.13 Å². The second kappa shape index (κ2) is 16.2. The van der Waals surface area contributed by atoms with E-state index < -0.39 is 0 Å². The highest BCUT2D eigenvalue weighted by molar-refractivity contribution is 7.22. The van der Waals surface area contributed by atoms with Crippen molar-refractivity contribution in [2.45, 2.75) is 53.4 Å². The van der Waals surface area contributed by atoms with Gasteiger partial charge >= 0.3 is 0 Å². The number of halogens is 1. The van der Waals surface area contributed by atoms with Gasteiger partial charge in [-0.15, -0.1) is 0 Å². The number of carbonyl (C=O) groups excluding carboxylic acids is 1. The van der Waals surface area contributed by atoms with Crippen LogP contribution in [-0.2, 0) is 4.79 Å². The van der Waals surface area contributed by atoms with E-state index in [4.69, 9.17) is 27.9 Å². The molecular weight excluding hydrogens is 466 g/mol. The van der Waals surface area contributed by atoms with E-state index in [1.807, 2.05) is 31.3 Å². The van der Waals surface area contributed by atoms with Gasteiger partial charge in [0, 0.05) is 30.8 Å². The van der Waals surface area contributed by atoms with Crippen molar-refractivity contribution in [3.63, 3.8) is 0 Å². The molecule has 188 valence electrons. The molecule has 0 amide bonds. The van der Waals surface area contributed by atoms with Crippen molar-refractivity contribution in [1.29, 1.82) is 0 Å². The number of anilines is 4. The number of nitrogens with zero attached hydrogens (tertiary/aromatic N) is 2. The van der Waals surface area contributed by atoms with Crippen LogP contribution in [0.3, 0.4) is 0 Å². The van der Waals surface area contributed by atoms with Crippen LogP contribution in [0.25, 0.3) is 10.2 Å². The summed E-state index contributed by atoms with van der Waals surface area (Å²) in [5, 5.41) is 4.47. The van der Waals surface area contributed by atoms with Crippen LogP contribution in [0.5, 0.6) is 0 Å². The summed E-state index contributed by atoms with van der Waals surface area (Å²) in [7, 11) is 1.92. The lowest BCUT2D eigenvalue weighted by atomic mass is 9.98. The maximum Gasteiger partial charge on any atom is 0.181 e. The van der Waals surface area contributed by atoms with Gasteiger partial charge in [0.2, 0.25) is 0 Å². The maximum absolute atomic E-state index is 8.81. The normalized spacial score (nSPS) is 11.0. The molecular formula is C26H40ClN5OS. The minimum absolute atomic E-state index is 0.585. The third-order valence-corrected chi connectivity index (χ3v) is 6.52. The molecule has 0 bridgehead atoms. The Kier molecular flexibility index (Phi) is 14.0. The van der Waals surface area contributed by atoms with Crippen LogP contribution in [0.1, 0.15) is 53.4 Å². The number of aromatic nitrogens is 1. The molecule has 1 unspecified atom stereocenters. The van der Waals surface area contributed by atoms with Gasteiger partial charge in [-0.1, -0.05) is 56.0 Å². The zero-order valence-corrected chi connectivity index (χ0v) is 22.7. The summed E-state index contributed by atoms with van der Waals surface area (Å²) in [6.07, 6.45) is 5.95. The fourth-order valence-corrected chi connectivity index (χ4v) is 4.53. The molecule has 0 fully saturated rings.